The Hall–Kier alpha value is -2.94. The van der Waals surface area contributed by atoms with Gasteiger partial charge in [-0.3, -0.25) is 19.3 Å². The van der Waals surface area contributed by atoms with E-state index >= 15 is 0 Å². The van der Waals surface area contributed by atoms with Gasteiger partial charge in [0.05, 0.1) is 25.1 Å². The summed E-state index contributed by atoms with van der Waals surface area (Å²) >= 11 is 0. The highest BCUT2D eigenvalue weighted by atomic mass is 32.2. The number of nitrogens with two attached hydrogens (primary N) is 1. The third-order valence-corrected chi connectivity index (χ3v) is 8.84. The van der Waals surface area contributed by atoms with Gasteiger partial charge in [0.15, 0.2) is 5.78 Å². The zero-order chi connectivity index (χ0) is 28.7. The van der Waals surface area contributed by atoms with E-state index in [1.807, 2.05) is 0 Å². The third kappa shape index (κ3) is 7.59. The number of hydrogen-bond donors (Lipinski definition) is 4. The fraction of sp³-hybridized carbons (Fsp3) is 0.560. The molecule has 2 heterocycles. The second-order valence-electron chi connectivity index (χ2n) is 9.81. The van der Waals surface area contributed by atoms with Gasteiger partial charge in [-0.05, 0) is 50.8 Å². The number of aliphatic hydroxyl groups is 1. The number of rotatable bonds is 8. The Morgan fingerprint density at radius 2 is 2.00 bits per heavy atom. The molecule has 1 aromatic rings. The first-order chi connectivity index (χ1) is 18.4. The quantitative estimate of drug-likeness (QED) is 0.336. The maximum atomic E-state index is 14.2. The summed E-state index contributed by atoms with van der Waals surface area (Å²) in [6.07, 6.45) is 0.879. The first-order valence-electron chi connectivity index (χ1n) is 12.9. The second-order valence-corrected chi connectivity index (χ2v) is 11.7. The van der Waals surface area contributed by atoms with Crippen LogP contribution in [0.4, 0.5) is 9.18 Å². The first kappa shape index (κ1) is 30.6. The molecule has 39 heavy (non-hydrogen) atoms. The normalized spacial score (nSPS) is 23.8. The molecule has 4 amide bonds. The molecule has 0 aliphatic carbocycles. The lowest BCUT2D eigenvalue weighted by molar-refractivity contribution is -0.133. The minimum absolute atomic E-state index is 0.0195. The number of urea groups is 1. The number of sulfonamides is 1. The van der Waals surface area contributed by atoms with Gasteiger partial charge in [-0.2, -0.15) is 4.31 Å². The molecule has 215 valence electrons. The van der Waals surface area contributed by atoms with Gasteiger partial charge in [0.25, 0.3) is 0 Å². The number of carbonyl (C=O) groups excluding carboxylic acids is 4. The smallest absolute Gasteiger partial charge is 0.325 e. The van der Waals surface area contributed by atoms with Crippen LogP contribution in [0.3, 0.4) is 0 Å². The van der Waals surface area contributed by atoms with E-state index in [1.54, 1.807) is 0 Å². The van der Waals surface area contributed by atoms with Gasteiger partial charge < -0.3 is 21.5 Å². The summed E-state index contributed by atoms with van der Waals surface area (Å²) in [6.45, 7) is 1.59. The molecule has 5 N–H and O–H groups in total. The van der Waals surface area contributed by atoms with Crippen molar-refractivity contribution >= 4 is 33.7 Å². The number of Topliss-reactive ketones (excluding diaryl/α,β-unsaturated/α-hetero) is 1. The van der Waals surface area contributed by atoms with Crippen molar-refractivity contribution in [3.8, 4) is 0 Å². The number of primary amides is 1. The van der Waals surface area contributed by atoms with Crippen LogP contribution in [0.5, 0.6) is 0 Å². The van der Waals surface area contributed by atoms with Gasteiger partial charge in [-0.15, -0.1) is 0 Å². The van der Waals surface area contributed by atoms with Gasteiger partial charge in [-0.25, -0.2) is 17.6 Å². The average Bonchev–Trinajstić information content (AvgIpc) is 3.21. The number of nitrogens with one attached hydrogen (secondary N) is 2. The van der Waals surface area contributed by atoms with Gasteiger partial charge in [0.2, 0.25) is 21.8 Å². The molecule has 14 heteroatoms. The van der Waals surface area contributed by atoms with E-state index in [0.29, 0.717) is 13.0 Å². The molecule has 1 radical (unpaired) electrons. The van der Waals surface area contributed by atoms with Gasteiger partial charge in [0, 0.05) is 19.0 Å². The number of amides is 4. The Morgan fingerprint density at radius 3 is 2.69 bits per heavy atom. The van der Waals surface area contributed by atoms with Crippen molar-refractivity contribution < 1.29 is 37.1 Å². The lowest BCUT2D eigenvalue weighted by Gasteiger charge is -2.31. The molecule has 3 rings (SSSR count). The molecule has 0 bridgehead atoms. The van der Waals surface area contributed by atoms with Crippen LogP contribution in [0.15, 0.2) is 29.2 Å². The first-order valence-corrected chi connectivity index (χ1v) is 14.3. The maximum Gasteiger partial charge on any atom is 0.325 e. The topological polar surface area (TPSA) is 179 Å². The van der Waals surface area contributed by atoms with Crippen molar-refractivity contribution in [1.29, 1.82) is 0 Å². The van der Waals surface area contributed by atoms with Crippen LogP contribution >= 0.6 is 0 Å². The van der Waals surface area contributed by atoms with E-state index in [1.165, 1.54) is 19.1 Å². The average molecular weight is 569 g/mol. The number of imide groups is 1. The molecular formula is C25H35FN5O7S. The lowest BCUT2D eigenvalue weighted by Crippen LogP contribution is -2.57. The number of ketones is 1. The predicted octanol–water partition coefficient (Wildman–Crippen LogP) is -0.0852. The van der Waals surface area contributed by atoms with Crippen molar-refractivity contribution in [2.45, 2.75) is 62.1 Å². The van der Waals surface area contributed by atoms with Gasteiger partial charge in [0.1, 0.15) is 16.8 Å². The summed E-state index contributed by atoms with van der Waals surface area (Å²) in [6, 6.07) is 2.00. The van der Waals surface area contributed by atoms with Crippen LogP contribution in [-0.4, -0.2) is 90.7 Å². The number of nitrogens with zero attached hydrogens (tertiary/aromatic N) is 2. The molecule has 3 unspecified atom stereocenters. The Kier molecular flexibility index (Phi) is 10.5. The Balaban J connectivity index is 1.77. The summed E-state index contributed by atoms with van der Waals surface area (Å²) in [5.41, 5.74) is 5.26. The molecule has 2 aliphatic heterocycles. The Bertz CT molecular complexity index is 1180. The van der Waals surface area contributed by atoms with E-state index in [0.717, 1.165) is 27.8 Å². The van der Waals surface area contributed by atoms with Crippen LogP contribution in [0.25, 0.3) is 0 Å². The minimum Gasteiger partial charge on any atom is -0.390 e. The summed E-state index contributed by atoms with van der Waals surface area (Å²) in [5, 5.41) is 16.4. The van der Waals surface area contributed by atoms with Crippen LogP contribution in [-0.2, 0) is 24.4 Å². The monoisotopic (exact) mass is 568 g/mol. The van der Waals surface area contributed by atoms with Crippen molar-refractivity contribution in [3.05, 3.63) is 36.5 Å². The molecule has 4 atom stereocenters. The van der Waals surface area contributed by atoms with Gasteiger partial charge in [-0.1, -0.05) is 19.1 Å². The van der Waals surface area contributed by atoms with E-state index in [9.17, 15) is 37.1 Å². The summed E-state index contributed by atoms with van der Waals surface area (Å²) in [5.74, 6) is -3.36. The van der Waals surface area contributed by atoms with Crippen molar-refractivity contribution in [1.82, 2.24) is 19.8 Å². The zero-order valence-electron chi connectivity index (χ0n) is 21.7. The fourth-order valence-electron chi connectivity index (χ4n) is 4.59. The molecular weight excluding hydrogens is 533 g/mol. The van der Waals surface area contributed by atoms with Crippen molar-refractivity contribution in [2.24, 2.45) is 11.7 Å². The van der Waals surface area contributed by atoms with Crippen LogP contribution in [0.2, 0.25) is 0 Å². The summed E-state index contributed by atoms with van der Waals surface area (Å²) < 4.78 is 41.3. The van der Waals surface area contributed by atoms with E-state index < -0.39 is 69.2 Å². The van der Waals surface area contributed by atoms with Crippen LogP contribution < -0.4 is 16.4 Å². The predicted molar refractivity (Wildman–Crippen MR) is 138 cm³/mol. The number of hydrogen-bond acceptors (Lipinski definition) is 8. The molecule has 1 aromatic carbocycles. The molecule has 2 aliphatic rings. The highest BCUT2D eigenvalue weighted by Crippen LogP contribution is 2.23. The minimum atomic E-state index is -4.25. The van der Waals surface area contributed by atoms with Crippen LogP contribution in [0, 0.1) is 18.2 Å². The number of benzene rings is 1. The number of halogens is 1. The molecule has 2 saturated heterocycles. The standard InChI is InChI=1S/C25H35FN5O7S/c1-16(24(27)35)10-11-23(34)31(19-8-4-12-28-14-20(19)32)25(36)29-18-7-5-13-30(15-21(18)33)39(37,38)22-9-3-2-6-17(22)26/h2-3,6,9,11,16,18-19,21,28,33H,4-5,7-8,10,12-15H2,1H3,(H2,27,35)(H,29,36)/t16?,18?,19?,21-/m0/s1. The SMILES string of the molecule is CC(C[CH]C(=O)N(C(=O)NC1CCCN(S(=O)(=O)c2ccccc2F)C[C@@H]1O)C1CCCNCC1=O)C(N)=O. The number of carbonyl (C=O) groups is 4. The number of aliphatic hydroxyl groups excluding tert-OH is 1. The highest BCUT2D eigenvalue weighted by molar-refractivity contribution is 7.89. The second kappa shape index (κ2) is 13.4. The van der Waals surface area contributed by atoms with E-state index in [2.05, 4.69) is 10.6 Å². The molecule has 0 saturated carbocycles. The Labute approximate surface area is 227 Å². The largest absolute Gasteiger partial charge is 0.390 e. The van der Waals surface area contributed by atoms with E-state index in [-0.39, 0.29) is 44.6 Å². The number of β-amino-alcohol motifs (C(OH)–C–C–N with tert-alkyl or cyclic N) is 1. The van der Waals surface area contributed by atoms with Crippen LogP contribution in [0.1, 0.15) is 39.0 Å². The fourth-order valence-corrected chi connectivity index (χ4v) is 6.15. The van der Waals surface area contributed by atoms with Crippen molar-refractivity contribution in [3.63, 3.8) is 0 Å². The summed E-state index contributed by atoms with van der Waals surface area (Å²) in [7, 11) is -4.25. The molecule has 2 fully saturated rings. The third-order valence-electron chi connectivity index (χ3n) is 6.94. The van der Waals surface area contributed by atoms with Gasteiger partial charge >= 0.3 is 6.03 Å². The summed E-state index contributed by atoms with van der Waals surface area (Å²) in [4.78, 5) is 51.0. The molecule has 0 aromatic heterocycles. The molecule has 12 nitrogen and oxygen atoms in total. The maximum absolute atomic E-state index is 14.2. The van der Waals surface area contributed by atoms with Crippen molar-refractivity contribution in [2.75, 3.05) is 26.2 Å². The highest BCUT2D eigenvalue weighted by Gasteiger charge is 2.39. The Morgan fingerprint density at radius 1 is 1.28 bits per heavy atom. The molecule has 0 spiro atoms. The lowest BCUT2D eigenvalue weighted by atomic mass is 10.0. The zero-order valence-corrected chi connectivity index (χ0v) is 22.5. The van der Waals surface area contributed by atoms with E-state index in [4.69, 9.17) is 5.73 Å².